The number of benzene rings is 1. The molecule has 0 radical (unpaired) electrons. The highest BCUT2D eigenvalue weighted by molar-refractivity contribution is 7.80. The van der Waals surface area contributed by atoms with Gasteiger partial charge in [-0.15, -0.1) is 0 Å². The molecule has 0 aromatic heterocycles. The molecule has 2 atom stereocenters. The summed E-state index contributed by atoms with van der Waals surface area (Å²) in [7, 11) is 0. The number of hydrogen-bond donors (Lipinski definition) is 6. The van der Waals surface area contributed by atoms with Crippen LogP contribution in [0, 0.1) is 0 Å². The van der Waals surface area contributed by atoms with E-state index < -0.39 is 42.3 Å². The third-order valence-corrected chi connectivity index (χ3v) is 3.72. The van der Waals surface area contributed by atoms with Gasteiger partial charge in [-0.3, -0.25) is 14.4 Å². The summed E-state index contributed by atoms with van der Waals surface area (Å²) in [6.07, 6.45) is 0.217. The van der Waals surface area contributed by atoms with Crippen molar-refractivity contribution in [2.45, 2.75) is 18.5 Å². The number of hydrogen-bond acceptors (Lipinski definition) is 6. The van der Waals surface area contributed by atoms with Crippen LogP contribution < -0.4 is 21.7 Å². The van der Waals surface area contributed by atoms with Crippen LogP contribution in [0.2, 0.25) is 0 Å². The van der Waals surface area contributed by atoms with Crippen molar-refractivity contribution < 1.29 is 24.3 Å². The van der Waals surface area contributed by atoms with Gasteiger partial charge >= 0.3 is 5.97 Å². The molecule has 0 aliphatic carbocycles. The molecule has 9 nitrogen and oxygen atoms in total. The van der Waals surface area contributed by atoms with E-state index in [0.29, 0.717) is 0 Å². The van der Waals surface area contributed by atoms with E-state index in [1.54, 1.807) is 24.3 Å². The molecule has 3 amide bonds. The number of carbonyl (C=O) groups excluding carboxylic acids is 3. The van der Waals surface area contributed by atoms with Gasteiger partial charge < -0.3 is 26.8 Å². The van der Waals surface area contributed by atoms with Gasteiger partial charge in [0.15, 0.2) is 0 Å². The van der Waals surface area contributed by atoms with Gasteiger partial charge in [-0.25, -0.2) is 4.79 Å². The Morgan fingerprint density at radius 2 is 1.65 bits per heavy atom. The second-order valence-electron chi connectivity index (χ2n) is 5.37. The molecule has 1 aromatic rings. The third-order valence-electron chi connectivity index (χ3n) is 3.36. The van der Waals surface area contributed by atoms with Crippen LogP contribution in [0.3, 0.4) is 0 Å². The highest BCUT2D eigenvalue weighted by Crippen LogP contribution is 2.03. The van der Waals surface area contributed by atoms with Gasteiger partial charge in [-0.05, 0) is 5.56 Å². The number of thiol groups is 1. The summed E-state index contributed by atoms with van der Waals surface area (Å²) in [5.74, 6) is -3.08. The highest BCUT2D eigenvalue weighted by atomic mass is 32.1. The molecule has 0 saturated heterocycles. The molecule has 2 unspecified atom stereocenters. The van der Waals surface area contributed by atoms with Crippen molar-refractivity contribution in [1.29, 1.82) is 0 Å². The molecule has 142 valence electrons. The Morgan fingerprint density at radius 1 is 1.04 bits per heavy atom. The molecule has 1 rings (SSSR count). The van der Waals surface area contributed by atoms with Gasteiger partial charge in [0.05, 0.1) is 13.1 Å². The normalized spacial score (nSPS) is 12.5. The Kier molecular flexibility index (Phi) is 9.17. The fourth-order valence-electron chi connectivity index (χ4n) is 2.03. The Hall–Kier alpha value is -2.59. The van der Waals surface area contributed by atoms with Gasteiger partial charge in [0.25, 0.3) is 0 Å². The second-order valence-corrected chi connectivity index (χ2v) is 5.74. The van der Waals surface area contributed by atoms with E-state index in [4.69, 9.17) is 10.8 Å². The lowest BCUT2D eigenvalue weighted by Gasteiger charge is -2.19. The average Bonchev–Trinajstić information content (AvgIpc) is 2.63. The predicted molar refractivity (Wildman–Crippen MR) is 97.6 cm³/mol. The van der Waals surface area contributed by atoms with E-state index in [2.05, 4.69) is 28.6 Å². The van der Waals surface area contributed by atoms with Crippen molar-refractivity contribution in [3.63, 3.8) is 0 Å². The lowest BCUT2D eigenvalue weighted by Crippen LogP contribution is -2.52. The third kappa shape index (κ3) is 7.53. The first-order valence-electron chi connectivity index (χ1n) is 7.81. The number of carboxylic acid groups (broad SMARTS) is 1. The van der Waals surface area contributed by atoms with Crippen LogP contribution in [-0.4, -0.2) is 59.7 Å². The number of rotatable bonds is 10. The molecular weight excluding hydrogens is 360 g/mol. The number of nitrogens with two attached hydrogens (primary N) is 1. The fourth-order valence-corrected chi connectivity index (χ4v) is 2.28. The summed E-state index contributed by atoms with van der Waals surface area (Å²) in [6, 6.07) is 6.94. The lowest BCUT2D eigenvalue weighted by atomic mass is 10.1. The van der Waals surface area contributed by atoms with Crippen molar-refractivity contribution in [3.8, 4) is 0 Å². The average molecular weight is 382 g/mol. The Labute approximate surface area is 156 Å². The van der Waals surface area contributed by atoms with Crippen molar-refractivity contribution in [3.05, 3.63) is 35.9 Å². The maximum Gasteiger partial charge on any atom is 0.327 e. The van der Waals surface area contributed by atoms with Crippen molar-refractivity contribution in [2.75, 3.05) is 18.8 Å². The van der Waals surface area contributed by atoms with E-state index >= 15 is 0 Å². The van der Waals surface area contributed by atoms with Gasteiger partial charge in [0.2, 0.25) is 17.7 Å². The number of aliphatic carboxylic acids is 1. The van der Waals surface area contributed by atoms with Crippen LogP contribution in [0.4, 0.5) is 0 Å². The number of nitrogens with one attached hydrogen (secondary N) is 3. The molecule has 0 aliphatic heterocycles. The van der Waals surface area contributed by atoms with Crippen LogP contribution in [-0.2, 0) is 25.6 Å². The van der Waals surface area contributed by atoms with Crippen LogP contribution >= 0.6 is 12.6 Å². The first kappa shape index (κ1) is 21.5. The molecular formula is C16H22N4O5S. The monoisotopic (exact) mass is 382 g/mol. The second kappa shape index (κ2) is 11.1. The van der Waals surface area contributed by atoms with Gasteiger partial charge in [-0.2, -0.15) is 12.6 Å². The van der Waals surface area contributed by atoms with E-state index in [-0.39, 0.29) is 18.7 Å². The van der Waals surface area contributed by atoms with E-state index in [1.165, 1.54) is 0 Å². The van der Waals surface area contributed by atoms with E-state index in [0.717, 1.165) is 5.56 Å². The minimum Gasteiger partial charge on any atom is -0.480 e. The van der Waals surface area contributed by atoms with Crippen LogP contribution in [0.1, 0.15) is 5.56 Å². The number of carboxylic acids is 1. The summed E-state index contributed by atoms with van der Waals surface area (Å²) in [5.41, 5.74) is 6.08. The molecule has 0 heterocycles. The standard InChI is InChI=1S/C16H22N4O5S/c17-7-13(21)19-11(6-10-4-2-1-3-5-10)15(23)18-8-14(22)20-12(9-26)16(24)25/h1-5,11-12,26H,6-9,17H2,(H,18,23)(H,19,21)(H,20,22)(H,24,25). The molecule has 0 spiro atoms. The van der Waals surface area contributed by atoms with Gasteiger partial charge in [0.1, 0.15) is 12.1 Å². The van der Waals surface area contributed by atoms with Crippen LogP contribution in [0.25, 0.3) is 0 Å². The highest BCUT2D eigenvalue weighted by Gasteiger charge is 2.22. The largest absolute Gasteiger partial charge is 0.480 e. The van der Waals surface area contributed by atoms with E-state index in [9.17, 15) is 19.2 Å². The minimum atomic E-state index is -1.23. The molecule has 1 aromatic carbocycles. The van der Waals surface area contributed by atoms with Crippen LogP contribution in [0.5, 0.6) is 0 Å². The number of amides is 3. The van der Waals surface area contributed by atoms with Crippen molar-refractivity contribution >= 4 is 36.3 Å². The van der Waals surface area contributed by atoms with Gasteiger partial charge in [0, 0.05) is 12.2 Å². The quantitative estimate of drug-likeness (QED) is 0.265. The molecule has 0 fully saturated rings. The zero-order valence-electron chi connectivity index (χ0n) is 14.0. The van der Waals surface area contributed by atoms with Gasteiger partial charge in [-0.1, -0.05) is 30.3 Å². The Balaban J connectivity index is 2.65. The van der Waals surface area contributed by atoms with Crippen molar-refractivity contribution in [1.82, 2.24) is 16.0 Å². The maximum atomic E-state index is 12.3. The zero-order valence-corrected chi connectivity index (χ0v) is 14.9. The molecule has 26 heavy (non-hydrogen) atoms. The zero-order chi connectivity index (χ0) is 19.5. The smallest absolute Gasteiger partial charge is 0.327 e. The minimum absolute atomic E-state index is 0.0851. The predicted octanol–water partition coefficient (Wildman–Crippen LogP) is -1.71. The molecule has 0 aliphatic rings. The summed E-state index contributed by atoms with van der Waals surface area (Å²) in [4.78, 5) is 46.5. The maximum absolute atomic E-state index is 12.3. The summed E-state index contributed by atoms with van der Waals surface area (Å²) in [5, 5.41) is 16.0. The number of carbonyl (C=O) groups is 4. The fraction of sp³-hybridized carbons (Fsp3) is 0.375. The Bertz CT molecular complexity index is 641. The summed E-state index contributed by atoms with van der Waals surface area (Å²) >= 11 is 3.83. The van der Waals surface area contributed by atoms with Crippen LogP contribution in [0.15, 0.2) is 30.3 Å². The molecule has 0 bridgehead atoms. The first-order valence-corrected chi connectivity index (χ1v) is 8.44. The van der Waals surface area contributed by atoms with E-state index in [1.807, 2.05) is 6.07 Å². The molecule has 10 heteroatoms. The SMILES string of the molecule is NCC(=O)NC(Cc1ccccc1)C(=O)NCC(=O)NC(CS)C(=O)O. The molecule has 0 saturated carbocycles. The Morgan fingerprint density at radius 3 is 2.19 bits per heavy atom. The topological polar surface area (TPSA) is 151 Å². The van der Waals surface area contributed by atoms with Crippen molar-refractivity contribution in [2.24, 2.45) is 5.73 Å². The summed E-state index contributed by atoms with van der Waals surface area (Å²) in [6.45, 7) is -0.707. The molecule has 6 N–H and O–H groups in total. The first-order chi connectivity index (χ1) is 12.4. The summed E-state index contributed by atoms with van der Waals surface area (Å²) < 4.78 is 0. The lowest BCUT2D eigenvalue weighted by molar-refractivity contribution is -0.141.